The lowest BCUT2D eigenvalue weighted by atomic mass is 10.0. The molecule has 0 aliphatic carbocycles. The van der Waals surface area contributed by atoms with Crippen LogP contribution in [0, 0.1) is 0 Å². The van der Waals surface area contributed by atoms with Crippen molar-refractivity contribution in [3.05, 3.63) is 97.2 Å². The standard InChI is InChI=1S/C59H98O6/c1-4-7-10-13-16-19-22-25-27-28-29-30-32-34-37-40-43-46-49-52-58(61)64-55-56(54-63-57(60)51-48-45-42-39-36-33-24-21-18-15-12-9-6-3)65-59(62)53-50-47-44-41-38-35-31-26-23-20-17-14-11-8-5-2/h7,9-10,12,15-16,18-19,21,24-25,27,33,36,39,42,56H,4-6,8,11,13-14,17,20,22-23,26,28-32,34-35,37-38,40-41,43-55H2,1-3H3/b10-7+,12-9+,18-15+,19-16+,24-21+,27-25+,36-33+,42-39+. The molecule has 370 valence electrons. The fourth-order valence-electron chi connectivity index (χ4n) is 7.25. The minimum atomic E-state index is -0.807. The zero-order valence-corrected chi connectivity index (χ0v) is 42.2. The van der Waals surface area contributed by atoms with Gasteiger partial charge >= 0.3 is 17.9 Å². The van der Waals surface area contributed by atoms with Crippen LogP contribution >= 0.6 is 0 Å². The van der Waals surface area contributed by atoms with Crippen molar-refractivity contribution < 1.29 is 28.6 Å². The van der Waals surface area contributed by atoms with Gasteiger partial charge in [0.1, 0.15) is 13.2 Å². The Balaban J connectivity index is 4.44. The van der Waals surface area contributed by atoms with E-state index >= 15 is 0 Å². The molecule has 0 fully saturated rings. The summed E-state index contributed by atoms with van der Waals surface area (Å²) in [4.78, 5) is 38.0. The number of ether oxygens (including phenoxy) is 3. The van der Waals surface area contributed by atoms with Crippen LogP contribution in [0.4, 0.5) is 0 Å². The number of unbranched alkanes of at least 4 members (excludes halogenated alkanes) is 24. The van der Waals surface area contributed by atoms with E-state index in [-0.39, 0.29) is 37.5 Å². The zero-order valence-electron chi connectivity index (χ0n) is 42.2. The van der Waals surface area contributed by atoms with Gasteiger partial charge in [-0.1, -0.05) is 253 Å². The van der Waals surface area contributed by atoms with Gasteiger partial charge in [0.05, 0.1) is 0 Å². The second kappa shape index (κ2) is 52.9. The van der Waals surface area contributed by atoms with E-state index in [1.165, 1.54) is 122 Å². The lowest BCUT2D eigenvalue weighted by molar-refractivity contribution is -0.167. The largest absolute Gasteiger partial charge is 0.462 e. The van der Waals surface area contributed by atoms with Gasteiger partial charge in [0.15, 0.2) is 6.10 Å². The molecule has 0 bridgehead atoms. The second-order valence-corrected chi connectivity index (χ2v) is 17.5. The van der Waals surface area contributed by atoms with Crippen molar-refractivity contribution in [1.82, 2.24) is 0 Å². The van der Waals surface area contributed by atoms with E-state index in [0.717, 1.165) is 70.6 Å². The molecule has 0 saturated carbocycles. The number of carbonyl (C=O) groups is 3. The molecule has 0 spiro atoms. The number of esters is 3. The minimum Gasteiger partial charge on any atom is -0.462 e. The Morgan fingerprint density at radius 1 is 0.338 bits per heavy atom. The van der Waals surface area contributed by atoms with Crippen LogP contribution in [-0.4, -0.2) is 37.2 Å². The van der Waals surface area contributed by atoms with E-state index in [9.17, 15) is 14.4 Å². The predicted octanol–water partition coefficient (Wildman–Crippen LogP) is 17.8. The molecule has 6 heteroatoms. The maximum Gasteiger partial charge on any atom is 0.306 e. The van der Waals surface area contributed by atoms with E-state index in [2.05, 4.69) is 63.3 Å². The van der Waals surface area contributed by atoms with Gasteiger partial charge in [0.2, 0.25) is 0 Å². The molecule has 0 heterocycles. The van der Waals surface area contributed by atoms with Gasteiger partial charge in [0.25, 0.3) is 0 Å². The van der Waals surface area contributed by atoms with Gasteiger partial charge in [-0.05, 0) is 64.2 Å². The average molecular weight is 903 g/mol. The van der Waals surface area contributed by atoms with Gasteiger partial charge in [-0.25, -0.2) is 0 Å². The smallest absolute Gasteiger partial charge is 0.306 e. The van der Waals surface area contributed by atoms with Gasteiger partial charge in [-0.15, -0.1) is 0 Å². The molecular weight excluding hydrogens is 805 g/mol. The highest BCUT2D eigenvalue weighted by molar-refractivity contribution is 5.71. The third-order valence-corrected chi connectivity index (χ3v) is 11.2. The van der Waals surface area contributed by atoms with Crippen molar-refractivity contribution in [1.29, 1.82) is 0 Å². The van der Waals surface area contributed by atoms with Crippen LogP contribution in [0.15, 0.2) is 97.2 Å². The molecule has 0 aliphatic rings. The molecule has 0 aromatic carbocycles. The fourth-order valence-corrected chi connectivity index (χ4v) is 7.25. The Labute approximate surface area is 400 Å². The maximum atomic E-state index is 12.8. The van der Waals surface area contributed by atoms with E-state index in [0.29, 0.717) is 19.3 Å². The van der Waals surface area contributed by atoms with Crippen molar-refractivity contribution in [3.8, 4) is 0 Å². The zero-order chi connectivity index (χ0) is 47.2. The molecule has 0 rings (SSSR count). The number of allylic oxidation sites excluding steroid dienone is 16. The molecule has 0 saturated heterocycles. The molecule has 0 aromatic heterocycles. The van der Waals surface area contributed by atoms with Gasteiger partial charge in [-0.3, -0.25) is 14.4 Å². The number of hydrogen-bond donors (Lipinski definition) is 0. The average Bonchev–Trinajstić information content (AvgIpc) is 3.30. The summed E-state index contributed by atoms with van der Waals surface area (Å²) in [6, 6.07) is 0. The molecule has 0 N–H and O–H groups in total. The van der Waals surface area contributed by atoms with Crippen LogP contribution < -0.4 is 0 Å². The van der Waals surface area contributed by atoms with Crippen molar-refractivity contribution >= 4 is 17.9 Å². The lowest BCUT2D eigenvalue weighted by Gasteiger charge is -2.18. The number of hydrogen-bond acceptors (Lipinski definition) is 6. The molecule has 0 radical (unpaired) electrons. The van der Waals surface area contributed by atoms with Crippen LogP contribution in [0.1, 0.15) is 239 Å². The SMILES string of the molecule is CC/C=C/C=C/C=C/C=C/C=C/CCCC(=O)OCC(COC(=O)CCCCCCCCCCC/C=C/C/C=C/C/C=C/CC)OC(=O)CCCCCCCCCCCCCCCCC. The van der Waals surface area contributed by atoms with Crippen LogP contribution in [0.25, 0.3) is 0 Å². The normalized spacial score (nSPS) is 12.8. The molecular formula is C59H98O6. The third kappa shape index (κ3) is 51.2. The van der Waals surface area contributed by atoms with Gasteiger partial charge in [-0.2, -0.15) is 0 Å². The summed E-state index contributed by atoms with van der Waals surface area (Å²) < 4.78 is 16.8. The molecule has 1 unspecified atom stereocenters. The topological polar surface area (TPSA) is 78.9 Å². The highest BCUT2D eigenvalue weighted by Gasteiger charge is 2.19. The molecule has 0 amide bonds. The Morgan fingerprint density at radius 2 is 0.692 bits per heavy atom. The molecule has 65 heavy (non-hydrogen) atoms. The summed E-state index contributed by atoms with van der Waals surface area (Å²) in [7, 11) is 0. The van der Waals surface area contributed by atoms with E-state index in [1.807, 2.05) is 54.7 Å². The van der Waals surface area contributed by atoms with Crippen LogP contribution in [0.2, 0.25) is 0 Å². The van der Waals surface area contributed by atoms with E-state index in [1.54, 1.807) is 0 Å². The molecule has 1 atom stereocenters. The Kier molecular flexibility index (Phi) is 50.0. The summed E-state index contributed by atoms with van der Waals surface area (Å²) in [5.74, 6) is -0.982. The molecule has 0 aromatic rings. The van der Waals surface area contributed by atoms with Crippen LogP contribution in [0.3, 0.4) is 0 Å². The highest BCUT2D eigenvalue weighted by Crippen LogP contribution is 2.15. The van der Waals surface area contributed by atoms with Crippen LogP contribution in [0.5, 0.6) is 0 Å². The quantitative estimate of drug-likeness (QED) is 0.0199. The minimum absolute atomic E-state index is 0.102. The summed E-state index contributed by atoms with van der Waals surface area (Å²) in [6.07, 6.45) is 69.7. The first-order chi connectivity index (χ1) is 32.0. The van der Waals surface area contributed by atoms with Crippen molar-refractivity contribution in [3.63, 3.8) is 0 Å². The van der Waals surface area contributed by atoms with Crippen LogP contribution in [-0.2, 0) is 28.6 Å². The summed E-state index contributed by atoms with van der Waals surface area (Å²) in [6.45, 7) is 6.32. The van der Waals surface area contributed by atoms with Crippen molar-refractivity contribution in [2.45, 2.75) is 245 Å². The number of rotatable bonds is 47. The van der Waals surface area contributed by atoms with Gasteiger partial charge in [0, 0.05) is 19.3 Å². The first-order valence-corrected chi connectivity index (χ1v) is 26.8. The summed E-state index contributed by atoms with van der Waals surface area (Å²) in [5.41, 5.74) is 0. The van der Waals surface area contributed by atoms with E-state index in [4.69, 9.17) is 14.2 Å². The third-order valence-electron chi connectivity index (χ3n) is 11.2. The Morgan fingerprint density at radius 3 is 1.17 bits per heavy atom. The molecule has 6 nitrogen and oxygen atoms in total. The van der Waals surface area contributed by atoms with Gasteiger partial charge < -0.3 is 14.2 Å². The van der Waals surface area contributed by atoms with Crippen molar-refractivity contribution in [2.75, 3.05) is 13.2 Å². The first kappa shape index (κ1) is 61.3. The molecule has 0 aliphatic heterocycles. The first-order valence-electron chi connectivity index (χ1n) is 26.8. The maximum absolute atomic E-state index is 12.8. The second-order valence-electron chi connectivity index (χ2n) is 17.5. The summed E-state index contributed by atoms with van der Waals surface area (Å²) >= 11 is 0. The predicted molar refractivity (Wildman–Crippen MR) is 279 cm³/mol. The highest BCUT2D eigenvalue weighted by atomic mass is 16.6. The lowest BCUT2D eigenvalue weighted by Crippen LogP contribution is -2.30. The number of carbonyl (C=O) groups excluding carboxylic acids is 3. The van der Waals surface area contributed by atoms with Crippen molar-refractivity contribution in [2.24, 2.45) is 0 Å². The monoisotopic (exact) mass is 903 g/mol. The summed E-state index contributed by atoms with van der Waals surface area (Å²) in [5, 5.41) is 0. The Bertz CT molecular complexity index is 1310. The fraction of sp³-hybridized carbons (Fsp3) is 0.678. The van der Waals surface area contributed by atoms with E-state index < -0.39 is 6.10 Å². The Hall–Kier alpha value is -3.67.